The number of hydrogen-bond acceptors (Lipinski definition) is 5. The van der Waals surface area contributed by atoms with E-state index >= 15 is 0 Å². The van der Waals surface area contributed by atoms with Gasteiger partial charge in [0.15, 0.2) is 6.61 Å². The molecule has 0 aromatic heterocycles. The zero-order valence-electron chi connectivity index (χ0n) is 17.9. The molecular formula is C23H34N2O5. The standard InChI is InChI=1S/C23H34N2O5/c1-22-9-7-15(25-30-13-20(27)24-12-21(28)29)11-14(22)3-4-16-17-5-6-19(26)23(17,2)10-8-18(16)22/h7,11,16-19,25-26H,3-6,8-10,12-13H2,1-2H3,(H,24,27)(H,28,29)/t16-,17+,18-,19+,22-,23+/m0/s1. The highest BCUT2D eigenvalue weighted by Crippen LogP contribution is 2.65. The number of aliphatic carboxylic acids is 1. The zero-order valence-corrected chi connectivity index (χ0v) is 17.9. The fraction of sp³-hybridized carbons (Fsp3) is 0.739. The average molecular weight is 419 g/mol. The molecule has 30 heavy (non-hydrogen) atoms. The normalized spacial score (nSPS) is 39.7. The Morgan fingerprint density at radius 2 is 2.00 bits per heavy atom. The Balaban J connectivity index is 1.37. The Morgan fingerprint density at radius 1 is 1.20 bits per heavy atom. The number of carbonyl (C=O) groups excluding carboxylic acids is 1. The highest BCUT2D eigenvalue weighted by atomic mass is 16.6. The smallest absolute Gasteiger partial charge is 0.322 e. The minimum Gasteiger partial charge on any atom is -0.480 e. The fourth-order valence-electron chi connectivity index (χ4n) is 6.87. The van der Waals surface area contributed by atoms with Crippen LogP contribution in [0.4, 0.5) is 0 Å². The molecule has 0 bridgehead atoms. The van der Waals surface area contributed by atoms with Crippen LogP contribution in [0, 0.1) is 28.6 Å². The molecule has 0 heterocycles. The van der Waals surface area contributed by atoms with Crippen LogP contribution in [0.15, 0.2) is 23.4 Å². The van der Waals surface area contributed by atoms with E-state index in [1.807, 2.05) is 0 Å². The Kier molecular flexibility index (Phi) is 5.70. The molecule has 0 aromatic carbocycles. The van der Waals surface area contributed by atoms with Gasteiger partial charge in [-0.25, -0.2) is 0 Å². The topological polar surface area (TPSA) is 108 Å². The van der Waals surface area contributed by atoms with Crippen LogP contribution in [0.25, 0.3) is 0 Å². The molecule has 4 N–H and O–H groups in total. The molecule has 0 spiro atoms. The number of allylic oxidation sites excluding steroid dienone is 3. The number of hydroxylamine groups is 1. The van der Waals surface area contributed by atoms with Crippen LogP contribution in [0.1, 0.15) is 58.8 Å². The number of carboxylic acids is 1. The van der Waals surface area contributed by atoms with E-state index in [0.29, 0.717) is 17.8 Å². The third kappa shape index (κ3) is 3.66. The molecule has 1 amide bonds. The predicted octanol–water partition coefficient (Wildman–Crippen LogP) is 2.53. The SMILES string of the molecule is C[C@@]12CC[C@H]3[C@@H](CCC4=CC(NOCC(=O)NCC(=O)O)=CC[C@@]43C)[C@H]1CC[C@H]2O. The number of aliphatic hydroxyl groups is 1. The molecule has 166 valence electrons. The third-order valence-corrected chi connectivity index (χ3v) is 8.59. The van der Waals surface area contributed by atoms with Gasteiger partial charge in [0, 0.05) is 0 Å². The second-order valence-electron chi connectivity index (χ2n) is 10.1. The molecule has 7 heteroatoms. The van der Waals surface area contributed by atoms with Crippen molar-refractivity contribution >= 4 is 11.9 Å². The summed E-state index contributed by atoms with van der Waals surface area (Å²) in [5.74, 6) is 0.437. The minimum absolute atomic E-state index is 0.102. The molecule has 3 fully saturated rings. The summed E-state index contributed by atoms with van der Waals surface area (Å²) in [4.78, 5) is 27.3. The van der Waals surface area contributed by atoms with E-state index in [1.165, 1.54) is 18.4 Å². The molecule has 0 saturated heterocycles. The van der Waals surface area contributed by atoms with E-state index in [-0.39, 0.29) is 23.5 Å². The highest BCUT2D eigenvalue weighted by Gasteiger charge is 2.58. The van der Waals surface area contributed by atoms with Crippen LogP contribution < -0.4 is 10.8 Å². The van der Waals surface area contributed by atoms with Crippen LogP contribution in [0.2, 0.25) is 0 Å². The number of carboxylic acid groups (broad SMARTS) is 1. The quantitative estimate of drug-likeness (QED) is 0.494. The van der Waals surface area contributed by atoms with Crippen molar-refractivity contribution in [3.63, 3.8) is 0 Å². The van der Waals surface area contributed by atoms with Gasteiger partial charge in [0.25, 0.3) is 0 Å². The van der Waals surface area contributed by atoms with Crippen LogP contribution in [0.3, 0.4) is 0 Å². The zero-order chi connectivity index (χ0) is 21.5. The average Bonchev–Trinajstić information content (AvgIpc) is 3.01. The van der Waals surface area contributed by atoms with Gasteiger partial charge >= 0.3 is 5.97 Å². The van der Waals surface area contributed by atoms with Gasteiger partial charge in [0.2, 0.25) is 5.91 Å². The third-order valence-electron chi connectivity index (χ3n) is 8.59. The van der Waals surface area contributed by atoms with Crippen molar-refractivity contribution in [3.05, 3.63) is 23.4 Å². The Bertz CT molecular complexity index is 778. The molecular weight excluding hydrogens is 384 g/mol. The van der Waals surface area contributed by atoms with E-state index in [9.17, 15) is 14.7 Å². The summed E-state index contributed by atoms with van der Waals surface area (Å²) in [6.45, 7) is 4.06. The van der Waals surface area contributed by atoms with Crippen molar-refractivity contribution < 1.29 is 24.6 Å². The summed E-state index contributed by atoms with van der Waals surface area (Å²) < 4.78 is 0. The second kappa shape index (κ2) is 8.00. The maximum atomic E-state index is 11.6. The number of carbonyl (C=O) groups is 2. The Hall–Kier alpha value is -1.86. The highest BCUT2D eigenvalue weighted by molar-refractivity contribution is 5.81. The van der Waals surface area contributed by atoms with E-state index in [0.717, 1.165) is 37.8 Å². The van der Waals surface area contributed by atoms with Crippen LogP contribution >= 0.6 is 0 Å². The van der Waals surface area contributed by atoms with Gasteiger partial charge in [-0.1, -0.05) is 25.5 Å². The first-order valence-corrected chi connectivity index (χ1v) is 11.2. The predicted molar refractivity (Wildman–Crippen MR) is 111 cm³/mol. The summed E-state index contributed by atoms with van der Waals surface area (Å²) in [7, 11) is 0. The number of amides is 1. The van der Waals surface area contributed by atoms with Crippen molar-refractivity contribution in [2.75, 3.05) is 13.2 Å². The van der Waals surface area contributed by atoms with Crippen molar-refractivity contribution in [3.8, 4) is 0 Å². The number of fused-ring (bicyclic) bond motifs is 5. The van der Waals surface area contributed by atoms with Crippen LogP contribution in [0.5, 0.6) is 0 Å². The minimum atomic E-state index is -1.08. The largest absolute Gasteiger partial charge is 0.480 e. The molecule has 0 radical (unpaired) electrons. The summed E-state index contributed by atoms with van der Waals surface area (Å²) >= 11 is 0. The Labute approximate surface area is 177 Å². The molecule has 4 aliphatic carbocycles. The lowest BCUT2D eigenvalue weighted by Gasteiger charge is -2.57. The fourth-order valence-corrected chi connectivity index (χ4v) is 6.87. The van der Waals surface area contributed by atoms with Gasteiger partial charge < -0.3 is 15.5 Å². The Morgan fingerprint density at radius 3 is 2.77 bits per heavy atom. The van der Waals surface area contributed by atoms with Crippen molar-refractivity contribution in [1.29, 1.82) is 0 Å². The van der Waals surface area contributed by atoms with Crippen molar-refractivity contribution in [1.82, 2.24) is 10.8 Å². The molecule has 7 nitrogen and oxygen atoms in total. The number of hydrogen-bond donors (Lipinski definition) is 4. The molecule has 0 unspecified atom stereocenters. The van der Waals surface area contributed by atoms with Crippen LogP contribution in [-0.4, -0.2) is 41.3 Å². The van der Waals surface area contributed by atoms with E-state index in [1.54, 1.807) is 0 Å². The lowest BCUT2D eigenvalue weighted by Crippen LogP contribution is -2.50. The first-order chi connectivity index (χ1) is 14.2. The number of nitrogens with one attached hydrogen (secondary N) is 2. The van der Waals surface area contributed by atoms with E-state index < -0.39 is 18.4 Å². The molecule has 0 aromatic rings. The molecule has 6 atom stereocenters. The summed E-state index contributed by atoms with van der Waals surface area (Å²) in [6, 6.07) is 0. The molecule has 3 saturated carbocycles. The van der Waals surface area contributed by atoms with Gasteiger partial charge in [-0.2, -0.15) is 0 Å². The first kappa shape index (κ1) is 21.4. The van der Waals surface area contributed by atoms with Gasteiger partial charge in [-0.15, -0.1) is 0 Å². The number of aliphatic hydroxyl groups excluding tert-OH is 1. The maximum absolute atomic E-state index is 11.6. The van der Waals surface area contributed by atoms with Crippen molar-refractivity contribution in [2.24, 2.45) is 28.6 Å². The summed E-state index contributed by atoms with van der Waals surface area (Å²) in [5.41, 5.74) is 5.43. The van der Waals surface area contributed by atoms with Crippen LogP contribution in [-0.2, 0) is 14.4 Å². The molecule has 4 aliphatic rings. The van der Waals surface area contributed by atoms with E-state index in [4.69, 9.17) is 9.94 Å². The molecule has 0 aliphatic heterocycles. The van der Waals surface area contributed by atoms with Gasteiger partial charge in [-0.05, 0) is 79.6 Å². The lowest BCUT2D eigenvalue weighted by molar-refractivity contribution is -0.139. The van der Waals surface area contributed by atoms with Gasteiger partial charge in [0.05, 0.1) is 11.8 Å². The van der Waals surface area contributed by atoms with E-state index in [2.05, 4.69) is 36.8 Å². The maximum Gasteiger partial charge on any atom is 0.322 e. The summed E-state index contributed by atoms with van der Waals surface area (Å²) in [5, 5.41) is 21.4. The molecule has 4 rings (SSSR count). The van der Waals surface area contributed by atoms with Gasteiger partial charge in [-0.3, -0.25) is 19.9 Å². The van der Waals surface area contributed by atoms with Crippen molar-refractivity contribution in [2.45, 2.75) is 64.9 Å². The lowest BCUT2D eigenvalue weighted by atomic mass is 9.48. The first-order valence-electron chi connectivity index (χ1n) is 11.2. The second-order valence-corrected chi connectivity index (χ2v) is 10.1. The number of rotatable bonds is 6. The monoisotopic (exact) mass is 418 g/mol. The summed E-state index contributed by atoms with van der Waals surface area (Å²) in [6.07, 6.45) is 11.8. The van der Waals surface area contributed by atoms with Gasteiger partial charge in [0.1, 0.15) is 6.54 Å².